The Balaban J connectivity index is 1.47. The zero-order chi connectivity index (χ0) is 19.0. The van der Waals surface area contributed by atoms with Gasteiger partial charge in [-0.25, -0.2) is 19.3 Å². The van der Waals surface area contributed by atoms with Gasteiger partial charge < -0.3 is 9.15 Å². The maximum Gasteiger partial charge on any atom is 0.378 e. The van der Waals surface area contributed by atoms with Gasteiger partial charge in [-0.1, -0.05) is 11.6 Å². The third-order valence-electron chi connectivity index (χ3n) is 3.81. The summed E-state index contributed by atoms with van der Waals surface area (Å²) in [6.07, 6.45) is 1.56. The van der Waals surface area contributed by atoms with Gasteiger partial charge in [0.05, 0.1) is 6.20 Å². The first-order chi connectivity index (χ1) is 13.0. The van der Waals surface area contributed by atoms with Crippen molar-refractivity contribution in [2.75, 3.05) is 0 Å². The maximum absolute atomic E-state index is 12.2. The van der Waals surface area contributed by atoms with Gasteiger partial charge in [0.2, 0.25) is 5.89 Å². The second-order valence-electron chi connectivity index (χ2n) is 5.89. The van der Waals surface area contributed by atoms with Crippen LogP contribution in [0.2, 0.25) is 5.02 Å². The summed E-state index contributed by atoms with van der Waals surface area (Å²) >= 11 is 5.87. The molecule has 0 fully saturated rings. The topological polar surface area (TPSA) is 95.4 Å². The monoisotopic (exact) mass is 383 g/mol. The Labute approximate surface area is 158 Å². The molecule has 4 rings (SSSR count). The summed E-state index contributed by atoms with van der Waals surface area (Å²) in [5.41, 5.74) is 2.44. The number of hydrogen-bond donors (Lipinski definition) is 0. The number of aryl methyl sites for hydroxylation is 2. The van der Waals surface area contributed by atoms with Crippen molar-refractivity contribution in [3.8, 4) is 11.3 Å². The number of halogens is 1. The number of nitrogens with zero attached hydrogens (tertiary/aromatic N) is 5. The number of rotatable bonds is 4. The van der Waals surface area contributed by atoms with E-state index >= 15 is 0 Å². The van der Waals surface area contributed by atoms with Gasteiger partial charge in [-0.3, -0.25) is 0 Å². The van der Waals surface area contributed by atoms with E-state index in [1.54, 1.807) is 18.3 Å². The quantitative estimate of drug-likeness (QED) is 0.498. The number of carbonyl (C=O) groups excluding carboxylic acids is 1. The predicted octanol–water partition coefficient (Wildman–Crippen LogP) is 3.41. The molecule has 0 aliphatic carbocycles. The third-order valence-corrected chi connectivity index (χ3v) is 4.06. The molecule has 4 aromatic rings. The SMILES string of the molecule is Cc1cc(C)n2nc(C(=O)OCc3ncc(-c4ccc(Cl)cc4)o3)nc2n1. The van der Waals surface area contributed by atoms with E-state index in [-0.39, 0.29) is 18.3 Å². The zero-order valence-corrected chi connectivity index (χ0v) is 15.3. The van der Waals surface area contributed by atoms with E-state index in [4.69, 9.17) is 20.8 Å². The van der Waals surface area contributed by atoms with Crippen LogP contribution in [-0.4, -0.2) is 30.5 Å². The summed E-state index contributed by atoms with van der Waals surface area (Å²) in [4.78, 5) is 24.7. The van der Waals surface area contributed by atoms with Crippen molar-refractivity contribution in [3.05, 3.63) is 64.7 Å². The minimum atomic E-state index is -0.677. The number of ether oxygens (including phenoxy) is 1. The molecular weight excluding hydrogens is 370 g/mol. The van der Waals surface area contributed by atoms with Crippen molar-refractivity contribution < 1.29 is 13.9 Å². The third kappa shape index (κ3) is 3.52. The number of esters is 1. The molecule has 0 bridgehead atoms. The van der Waals surface area contributed by atoms with Gasteiger partial charge >= 0.3 is 5.97 Å². The van der Waals surface area contributed by atoms with Crippen molar-refractivity contribution in [1.82, 2.24) is 24.6 Å². The van der Waals surface area contributed by atoms with E-state index in [9.17, 15) is 4.79 Å². The van der Waals surface area contributed by atoms with Crippen molar-refractivity contribution in [2.24, 2.45) is 0 Å². The molecule has 0 radical (unpaired) electrons. The Morgan fingerprint density at radius 3 is 2.78 bits per heavy atom. The molecule has 0 aliphatic rings. The first kappa shape index (κ1) is 17.2. The van der Waals surface area contributed by atoms with Crippen molar-refractivity contribution >= 4 is 23.3 Å². The number of aromatic nitrogens is 5. The molecule has 0 saturated carbocycles. The van der Waals surface area contributed by atoms with E-state index < -0.39 is 5.97 Å². The highest BCUT2D eigenvalue weighted by atomic mass is 35.5. The number of hydrogen-bond acceptors (Lipinski definition) is 7. The lowest BCUT2D eigenvalue weighted by atomic mass is 10.2. The Morgan fingerprint density at radius 2 is 2.00 bits per heavy atom. The highest BCUT2D eigenvalue weighted by Gasteiger charge is 2.18. The lowest BCUT2D eigenvalue weighted by molar-refractivity contribution is 0.0425. The van der Waals surface area contributed by atoms with Crippen LogP contribution in [0.15, 0.2) is 40.9 Å². The molecule has 3 aromatic heterocycles. The number of carbonyl (C=O) groups is 1. The van der Waals surface area contributed by atoms with Gasteiger partial charge in [-0.05, 0) is 44.2 Å². The summed E-state index contributed by atoms with van der Waals surface area (Å²) < 4.78 is 12.3. The molecule has 1 aromatic carbocycles. The van der Waals surface area contributed by atoms with Crippen LogP contribution in [0.25, 0.3) is 17.1 Å². The van der Waals surface area contributed by atoms with Gasteiger partial charge in [-0.15, -0.1) is 5.10 Å². The lowest BCUT2D eigenvalue weighted by Gasteiger charge is -1.99. The summed E-state index contributed by atoms with van der Waals surface area (Å²) in [6.45, 7) is 3.57. The van der Waals surface area contributed by atoms with E-state index in [0.717, 1.165) is 17.0 Å². The van der Waals surface area contributed by atoms with Crippen LogP contribution in [0, 0.1) is 13.8 Å². The minimum absolute atomic E-state index is 0.0688. The zero-order valence-electron chi connectivity index (χ0n) is 14.5. The molecule has 0 atom stereocenters. The summed E-state index contributed by atoms with van der Waals surface area (Å²) in [5.74, 6) is 0.422. The number of fused-ring (bicyclic) bond motifs is 1. The highest BCUT2D eigenvalue weighted by Crippen LogP contribution is 2.22. The Kier molecular flexibility index (Phi) is 4.33. The molecule has 0 N–H and O–H groups in total. The van der Waals surface area contributed by atoms with E-state index in [1.807, 2.05) is 32.0 Å². The number of oxazole rings is 1. The normalized spacial score (nSPS) is 11.1. The minimum Gasteiger partial charge on any atom is -0.450 e. The second-order valence-corrected chi connectivity index (χ2v) is 6.32. The number of benzene rings is 1. The molecule has 136 valence electrons. The average Bonchev–Trinajstić information content (AvgIpc) is 3.27. The highest BCUT2D eigenvalue weighted by molar-refractivity contribution is 6.30. The van der Waals surface area contributed by atoms with Crippen LogP contribution in [0.4, 0.5) is 0 Å². The van der Waals surface area contributed by atoms with Crippen LogP contribution in [0.3, 0.4) is 0 Å². The Morgan fingerprint density at radius 1 is 1.22 bits per heavy atom. The van der Waals surface area contributed by atoms with Crippen LogP contribution in [0.5, 0.6) is 0 Å². The van der Waals surface area contributed by atoms with Crippen LogP contribution in [-0.2, 0) is 11.3 Å². The molecular formula is C18H14ClN5O3. The lowest BCUT2D eigenvalue weighted by Crippen LogP contribution is -2.08. The van der Waals surface area contributed by atoms with Crippen LogP contribution in [0.1, 0.15) is 27.9 Å². The van der Waals surface area contributed by atoms with Gasteiger partial charge in [0, 0.05) is 22.0 Å². The molecule has 9 heteroatoms. The predicted molar refractivity (Wildman–Crippen MR) is 96.3 cm³/mol. The van der Waals surface area contributed by atoms with Gasteiger partial charge in [-0.2, -0.15) is 4.98 Å². The first-order valence-electron chi connectivity index (χ1n) is 8.08. The molecule has 0 saturated heterocycles. The second kappa shape index (κ2) is 6.81. The largest absolute Gasteiger partial charge is 0.450 e. The van der Waals surface area contributed by atoms with Gasteiger partial charge in [0.15, 0.2) is 12.4 Å². The molecule has 3 heterocycles. The van der Waals surface area contributed by atoms with Crippen molar-refractivity contribution in [1.29, 1.82) is 0 Å². The average molecular weight is 384 g/mol. The molecule has 0 spiro atoms. The van der Waals surface area contributed by atoms with E-state index in [0.29, 0.717) is 16.6 Å². The fraction of sp³-hybridized carbons (Fsp3) is 0.167. The summed E-state index contributed by atoms with van der Waals surface area (Å²) in [5, 5.41) is 4.76. The Bertz CT molecular complexity index is 1130. The molecule has 0 aliphatic heterocycles. The molecule has 0 amide bonds. The van der Waals surface area contributed by atoms with Gasteiger partial charge in [0.1, 0.15) is 0 Å². The molecule has 27 heavy (non-hydrogen) atoms. The van der Waals surface area contributed by atoms with E-state index in [1.165, 1.54) is 4.52 Å². The van der Waals surface area contributed by atoms with Crippen LogP contribution < -0.4 is 0 Å². The van der Waals surface area contributed by atoms with Crippen molar-refractivity contribution in [3.63, 3.8) is 0 Å². The molecule has 0 unspecified atom stereocenters. The smallest absolute Gasteiger partial charge is 0.378 e. The van der Waals surface area contributed by atoms with Crippen molar-refractivity contribution in [2.45, 2.75) is 20.5 Å². The summed E-state index contributed by atoms with van der Waals surface area (Å²) in [7, 11) is 0. The summed E-state index contributed by atoms with van der Waals surface area (Å²) in [6, 6.07) is 8.99. The van der Waals surface area contributed by atoms with E-state index in [2.05, 4.69) is 20.1 Å². The standard InChI is InChI=1S/C18H14ClN5O3/c1-10-7-11(2)24-18(21-10)22-16(23-24)17(25)26-9-15-20-8-14(27-15)12-3-5-13(19)6-4-12/h3-8H,9H2,1-2H3. The fourth-order valence-electron chi connectivity index (χ4n) is 2.57. The molecule has 8 nitrogen and oxygen atoms in total. The maximum atomic E-state index is 12.2. The van der Waals surface area contributed by atoms with Crippen LogP contribution >= 0.6 is 11.6 Å². The Hall–Kier alpha value is -3.26. The first-order valence-corrected chi connectivity index (χ1v) is 8.46. The fourth-order valence-corrected chi connectivity index (χ4v) is 2.70. The van der Waals surface area contributed by atoms with Gasteiger partial charge in [0.25, 0.3) is 11.6 Å².